The smallest absolute Gasteiger partial charge is 0.271 e. The van der Waals surface area contributed by atoms with Gasteiger partial charge in [0.25, 0.3) is 5.91 Å². The van der Waals surface area contributed by atoms with E-state index >= 15 is 0 Å². The summed E-state index contributed by atoms with van der Waals surface area (Å²) in [4.78, 5) is 20.3. The number of carbonyl (C=O) groups is 1. The summed E-state index contributed by atoms with van der Waals surface area (Å²) in [6.45, 7) is 4.94. The number of carbonyl (C=O) groups excluding carboxylic acids is 1. The lowest BCUT2D eigenvalue weighted by Gasteiger charge is -2.07. The van der Waals surface area contributed by atoms with Crippen LogP contribution >= 0.6 is 0 Å². The molecule has 0 saturated carbocycles. The van der Waals surface area contributed by atoms with Crippen LogP contribution in [-0.2, 0) is 6.42 Å². The maximum Gasteiger partial charge on any atom is 0.271 e. The van der Waals surface area contributed by atoms with Gasteiger partial charge >= 0.3 is 0 Å². The second kappa shape index (κ2) is 8.88. The number of aryl methyl sites for hydroxylation is 1. The fraction of sp³-hybridized carbons (Fsp3) is 0.389. The Morgan fingerprint density at radius 1 is 1.04 bits per heavy atom. The summed E-state index contributed by atoms with van der Waals surface area (Å²) in [6.07, 6.45) is 7.33. The standard InChI is InChI=1S/C18H24N4O/c1-3-5-6-11-19-18(23)16-12-21-17(13-20-16)22-15-9-7-14(4-2)8-10-15/h7-10,12-13H,3-6,11H2,1-2H3,(H,19,23)(H,21,22). The molecular weight excluding hydrogens is 288 g/mol. The molecule has 2 rings (SSSR count). The molecule has 0 aliphatic rings. The number of nitrogens with one attached hydrogen (secondary N) is 2. The number of anilines is 2. The molecule has 1 aromatic carbocycles. The van der Waals surface area contributed by atoms with Crippen LogP contribution in [0.4, 0.5) is 11.5 Å². The van der Waals surface area contributed by atoms with Crippen molar-refractivity contribution >= 4 is 17.4 Å². The minimum absolute atomic E-state index is 0.174. The molecule has 122 valence electrons. The van der Waals surface area contributed by atoms with Crippen LogP contribution in [0.5, 0.6) is 0 Å². The van der Waals surface area contributed by atoms with E-state index in [-0.39, 0.29) is 5.91 Å². The number of unbranched alkanes of at least 4 members (excludes halogenated alkanes) is 2. The number of amides is 1. The van der Waals surface area contributed by atoms with E-state index < -0.39 is 0 Å². The lowest BCUT2D eigenvalue weighted by atomic mass is 10.1. The first-order valence-electron chi connectivity index (χ1n) is 8.19. The highest BCUT2D eigenvalue weighted by molar-refractivity contribution is 5.92. The molecule has 2 aromatic rings. The summed E-state index contributed by atoms with van der Waals surface area (Å²) < 4.78 is 0. The van der Waals surface area contributed by atoms with Crippen LogP contribution in [0, 0.1) is 0 Å². The molecule has 0 fully saturated rings. The van der Waals surface area contributed by atoms with Gasteiger partial charge in [0.15, 0.2) is 0 Å². The fourth-order valence-corrected chi connectivity index (χ4v) is 2.15. The quantitative estimate of drug-likeness (QED) is 0.729. The fourth-order valence-electron chi connectivity index (χ4n) is 2.15. The molecule has 0 aliphatic carbocycles. The molecule has 0 saturated heterocycles. The van der Waals surface area contributed by atoms with Crippen LogP contribution in [0.15, 0.2) is 36.7 Å². The van der Waals surface area contributed by atoms with E-state index in [4.69, 9.17) is 0 Å². The lowest BCUT2D eigenvalue weighted by molar-refractivity contribution is 0.0947. The molecule has 1 heterocycles. The molecule has 0 spiro atoms. The molecule has 0 radical (unpaired) electrons. The van der Waals surface area contributed by atoms with Gasteiger partial charge in [-0.2, -0.15) is 0 Å². The van der Waals surface area contributed by atoms with E-state index in [2.05, 4.69) is 46.6 Å². The zero-order valence-corrected chi connectivity index (χ0v) is 13.8. The highest BCUT2D eigenvalue weighted by Gasteiger charge is 2.07. The van der Waals surface area contributed by atoms with Gasteiger partial charge in [-0.3, -0.25) is 4.79 Å². The number of rotatable bonds is 8. The van der Waals surface area contributed by atoms with Crippen molar-refractivity contribution < 1.29 is 4.79 Å². The van der Waals surface area contributed by atoms with Crippen molar-refractivity contribution in [1.82, 2.24) is 15.3 Å². The van der Waals surface area contributed by atoms with Crippen molar-refractivity contribution in [3.8, 4) is 0 Å². The second-order valence-corrected chi connectivity index (χ2v) is 5.43. The van der Waals surface area contributed by atoms with Gasteiger partial charge in [0.1, 0.15) is 11.5 Å². The summed E-state index contributed by atoms with van der Waals surface area (Å²) in [5, 5.41) is 6.03. The van der Waals surface area contributed by atoms with Crippen LogP contribution in [-0.4, -0.2) is 22.4 Å². The maximum absolute atomic E-state index is 11.9. The van der Waals surface area contributed by atoms with Gasteiger partial charge in [0, 0.05) is 12.2 Å². The zero-order valence-electron chi connectivity index (χ0n) is 13.8. The maximum atomic E-state index is 11.9. The number of benzene rings is 1. The Balaban J connectivity index is 1.89. The van der Waals surface area contributed by atoms with Crippen LogP contribution in [0.3, 0.4) is 0 Å². The zero-order chi connectivity index (χ0) is 16.5. The van der Waals surface area contributed by atoms with Crippen molar-refractivity contribution in [2.24, 2.45) is 0 Å². The van der Waals surface area contributed by atoms with Gasteiger partial charge in [0.2, 0.25) is 0 Å². The van der Waals surface area contributed by atoms with Gasteiger partial charge in [-0.25, -0.2) is 9.97 Å². The summed E-state index contributed by atoms with van der Waals surface area (Å²) in [6, 6.07) is 8.17. The summed E-state index contributed by atoms with van der Waals surface area (Å²) in [5.41, 5.74) is 2.58. The molecule has 5 heteroatoms. The minimum atomic E-state index is -0.174. The Labute approximate surface area is 137 Å². The molecule has 0 bridgehead atoms. The molecular formula is C18H24N4O. The van der Waals surface area contributed by atoms with Crippen molar-refractivity contribution in [1.29, 1.82) is 0 Å². The van der Waals surface area contributed by atoms with E-state index in [0.29, 0.717) is 18.1 Å². The largest absolute Gasteiger partial charge is 0.351 e. The summed E-state index contributed by atoms with van der Waals surface area (Å²) in [7, 11) is 0. The molecule has 5 nitrogen and oxygen atoms in total. The van der Waals surface area contributed by atoms with E-state index in [0.717, 1.165) is 31.4 Å². The summed E-state index contributed by atoms with van der Waals surface area (Å²) in [5.74, 6) is 0.448. The number of nitrogens with zero attached hydrogens (tertiary/aromatic N) is 2. The van der Waals surface area contributed by atoms with Gasteiger partial charge in [-0.05, 0) is 30.5 Å². The van der Waals surface area contributed by atoms with Crippen LogP contribution < -0.4 is 10.6 Å². The Bertz CT molecular complexity index is 608. The average Bonchev–Trinajstić information content (AvgIpc) is 2.60. The lowest BCUT2D eigenvalue weighted by Crippen LogP contribution is -2.25. The SMILES string of the molecule is CCCCCNC(=O)c1cnc(Nc2ccc(CC)cc2)cn1. The first-order chi connectivity index (χ1) is 11.2. The highest BCUT2D eigenvalue weighted by Crippen LogP contribution is 2.14. The van der Waals surface area contributed by atoms with Crippen molar-refractivity contribution in [2.45, 2.75) is 39.5 Å². The number of aromatic nitrogens is 2. The Morgan fingerprint density at radius 3 is 2.43 bits per heavy atom. The second-order valence-electron chi connectivity index (χ2n) is 5.43. The van der Waals surface area contributed by atoms with Crippen molar-refractivity contribution in [3.63, 3.8) is 0 Å². The van der Waals surface area contributed by atoms with Gasteiger partial charge in [0.05, 0.1) is 12.4 Å². The van der Waals surface area contributed by atoms with Gasteiger partial charge < -0.3 is 10.6 Å². The van der Waals surface area contributed by atoms with Crippen LogP contribution in [0.2, 0.25) is 0 Å². The average molecular weight is 312 g/mol. The van der Waals surface area contributed by atoms with Crippen LogP contribution in [0.25, 0.3) is 0 Å². The Hall–Kier alpha value is -2.43. The molecule has 1 aromatic heterocycles. The predicted molar refractivity (Wildman–Crippen MR) is 93.0 cm³/mol. The molecule has 1 amide bonds. The summed E-state index contributed by atoms with van der Waals surface area (Å²) >= 11 is 0. The first kappa shape index (κ1) is 16.9. The van der Waals surface area contributed by atoms with Gasteiger partial charge in [-0.15, -0.1) is 0 Å². The molecule has 0 aliphatic heterocycles. The van der Waals surface area contributed by atoms with Crippen molar-refractivity contribution in [2.75, 3.05) is 11.9 Å². The van der Waals surface area contributed by atoms with E-state index in [1.807, 2.05) is 12.1 Å². The van der Waals surface area contributed by atoms with E-state index in [1.54, 1.807) is 6.20 Å². The third-order valence-corrected chi connectivity index (χ3v) is 3.58. The molecule has 23 heavy (non-hydrogen) atoms. The van der Waals surface area contributed by atoms with Gasteiger partial charge in [-0.1, -0.05) is 38.8 Å². The Morgan fingerprint density at radius 2 is 1.83 bits per heavy atom. The molecule has 0 unspecified atom stereocenters. The Kier molecular flexibility index (Phi) is 6.54. The minimum Gasteiger partial charge on any atom is -0.351 e. The topological polar surface area (TPSA) is 66.9 Å². The van der Waals surface area contributed by atoms with Crippen molar-refractivity contribution in [3.05, 3.63) is 47.9 Å². The molecule has 0 atom stereocenters. The van der Waals surface area contributed by atoms with E-state index in [1.165, 1.54) is 11.8 Å². The van der Waals surface area contributed by atoms with Crippen LogP contribution in [0.1, 0.15) is 49.2 Å². The molecule has 2 N–H and O–H groups in total. The normalized spacial score (nSPS) is 10.3. The monoisotopic (exact) mass is 312 g/mol. The highest BCUT2D eigenvalue weighted by atomic mass is 16.1. The third-order valence-electron chi connectivity index (χ3n) is 3.58. The predicted octanol–water partition coefficient (Wildman–Crippen LogP) is 3.70. The van der Waals surface area contributed by atoms with E-state index in [9.17, 15) is 4.79 Å². The third kappa shape index (κ3) is 5.36. The number of hydrogen-bond donors (Lipinski definition) is 2. The first-order valence-corrected chi connectivity index (χ1v) is 8.19. The number of hydrogen-bond acceptors (Lipinski definition) is 4.